The van der Waals surface area contributed by atoms with Crippen LogP contribution in [-0.2, 0) is 6.54 Å². The number of hydrogen-bond donors (Lipinski definition) is 2. The summed E-state index contributed by atoms with van der Waals surface area (Å²) in [6.45, 7) is 7.78. The molecule has 0 heterocycles. The standard InChI is InChI=1S/C15H25ClN2O/c1-3-8-17-12-13-6-5-7-14(16)15(13)18(9-4-2)10-11-19/h5-7,17,19H,3-4,8-12H2,1-2H3. The van der Waals surface area contributed by atoms with Crippen molar-refractivity contribution in [2.45, 2.75) is 33.2 Å². The van der Waals surface area contributed by atoms with E-state index in [1.54, 1.807) is 0 Å². The largest absolute Gasteiger partial charge is 0.395 e. The summed E-state index contributed by atoms with van der Waals surface area (Å²) in [6.07, 6.45) is 2.15. The lowest BCUT2D eigenvalue weighted by atomic mass is 10.1. The number of anilines is 1. The van der Waals surface area contributed by atoms with E-state index in [-0.39, 0.29) is 6.61 Å². The van der Waals surface area contributed by atoms with Gasteiger partial charge in [-0.05, 0) is 31.0 Å². The van der Waals surface area contributed by atoms with Gasteiger partial charge in [0.2, 0.25) is 0 Å². The Bertz CT molecular complexity index is 365. The number of aliphatic hydroxyl groups is 1. The summed E-state index contributed by atoms with van der Waals surface area (Å²) >= 11 is 6.36. The van der Waals surface area contributed by atoms with Crippen molar-refractivity contribution in [3.63, 3.8) is 0 Å². The van der Waals surface area contributed by atoms with Crippen LogP contribution in [-0.4, -0.2) is 31.3 Å². The fourth-order valence-electron chi connectivity index (χ4n) is 2.18. The van der Waals surface area contributed by atoms with E-state index in [9.17, 15) is 5.11 Å². The molecular weight excluding hydrogens is 260 g/mol. The first kappa shape index (κ1) is 16.3. The molecule has 0 aliphatic carbocycles. The average molecular weight is 285 g/mol. The topological polar surface area (TPSA) is 35.5 Å². The molecule has 1 aromatic carbocycles. The number of hydrogen-bond acceptors (Lipinski definition) is 3. The van der Waals surface area contributed by atoms with Crippen LogP contribution in [0.15, 0.2) is 18.2 Å². The summed E-state index contributed by atoms with van der Waals surface area (Å²) in [5, 5.41) is 13.4. The lowest BCUT2D eigenvalue weighted by Crippen LogP contribution is -2.29. The van der Waals surface area contributed by atoms with Crippen molar-refractivity contribution in [1.82, 2.24) is 5.32 Å². The molecule has 4 heteroatoms. The fourth-order valence-corrected chi connectivity index (χ4v) is 2.50. The minimum atomic E-state index is 0.146. The maximum absolute atomic E-state index is 9.22. The Morgan fingerprint density at radius 1 is 1.21 bits per heavy atom. The molecule has 0 fully saturated rings. The molecule has 0 radical (unpaired) electrons. The molecule has 0 spiro atoms. The van der Waals surface area contributed by atoms with Gasteiger partial charge in [0.1, 0.15) is 0 Å². The lowest BCUT2D eigenvalue weighted by Gasteiger charge is -2.27. The molecule has 3 nitrogen and oxygen atoms in total. The summed E-state index contributed by atoms with van der Waals surface area (Å²) in [7, 11) is 0. The van der Waals surface area contributed by atoms with Crippen LogP contribution < -0.4 is 10.2 Å². The van der Waals surface area contributed by atoms with Crippen LogP contribution in [0.2, 0.25) is 5.02 Å². The predicted octanol–water partition coefficient (Wildman–Crippen LogP) is 3.05. The van der Waals surface area contributed by atoms with Gasteiger partial charge in [-0.2, -0.15) is 0 Å². The number of benzene rings is 1. The molecule has 0 saturated carbocycles. The number of nitrogens with zero attached hydrogens (tertiary/aromatic N) is 1. The highest BCUT2D eigenvalue weighted by Crippen LogP contribution is 2.30. The summed E-state index contributed by atoms with van der Waals surface area (Å²) < 4.78 is 0. The lowest BCUT2D eigenvalue weighted by molar-refractivity contribution is 0.301. The maximum Gasteiger partial charge on any atom is 0.0642 e. The number of rotatable bonds is 9. The summed E-state index contributed by atoms with van der Waals surface area (Å²) in [4.78, 5) is 2.17. The van der Waals surface area contributed by atoms with Crippen molar-refractivity contribution < 1.29 is 5.11 Å². The zero-order valence-electron chi connectivity index (χ0n) is 12.0. The minimum absolute atomic E-state index is 0.146. The predicted molar refractivity (Wildman–Crippen MR) is 83.0 cm³/mol. The zero-order valence-corrected chi connectivity index (χ0v) is 12.7. The molecule has 1 rings (SSSR count). The van der Waals surface area contributed by atoms with Crippen molar-refractivity contribution >= 4 is 17.3 Å². The minimum Gasteiger partial charge on any atom is -0.395 e. The summed E-state index contributed by atoms with van der Waals surface area (Å²) in [5.74, 6) is 0. The Balaban J connectivity index is 2.93. The quantitative estimate of drug-likeness (QED) is 0.684. The first-order valence-corrected chi connectivity index (χ1v) is 7.46. The smallest absolute Gasteiger partial charge is 0.0642 e. The van der Waals surface area contributed by atoms with Crippen molar-refractivity contribution in [2.24, 2.45) is 0 Å². The first-order chi connectivity index (χ1) is 9.24. The average Bonchev–Trinajstić information content (AvgIpc) is 2.39. The van der Waals surface area contributed by atoms with Crippen LogP contribution in [0.25, 0.3) is 0 Å². The Hall–Kier alpha value is -0.770. The van der Waals surface area contributed by atoms with Crippen LogP contribution in [0, 0.1) is 0 Å². The number of para-hydroxylation sites is 1. The van der Waals surface area contributed by atoms with Gasteiger partial charge < -0.3 is 15.3 Å². The Kier molecular flexibility index (Phi) is 7.87. The van der Waals surface area contributed by atoms with Crippen LogP contribution in [0.3, 0.4) is 0 Å². The van der Waals surface area contributed by atoms with E-state index < -0.39 is 0 Å². The van der Waals surface area contributed by atoms with Gasteiger partial charge in [0.15, 0.2) is 0 Å². The third-order valence-electron chi connectivity index (χ3n) is 2.99. The highest BCUT2D eigenvalue weighted by molar-refractivity contribution is 6.33. The van der Waals surface area contributed by atoms with E-state index in [1.807, 2.05) is 12.1 Å². The van der Waals surface area contributed by atoms with Crippen LogP contribution in [0.4, 0.5) is 5.69 Å². The Morgan fingerprint density at radius 3 is 2.63 bits per heavy atom. The van der Waals surface area contributed by atoms with Crippen molar-refractivity contribution in [3.05, 3.63) is 28.8 Å². The van der Waals surface area contributed by atoms with Crippen molar-refractivity contribution in [1.29, 1.82) is 0 Å². The second-order valence-electron chi connectivity index (χ2n) is 4.63. The molecule has 19 heavy (non-hydrogen) atoms. The van der Waals surface area contributed by atoms with Gasteiger partial charge in [-0.3, -0.25) is 0 Å². The summed E-state index contributed by atoms with van der Waals surface area (Å²) in [5.41, 5.74) is 2.26. The third kappa shape index (κ3) is 5.01. The van der Waals surface area contributed by atoms with Crippen molar-refractivity contribution in [2.75, 3.05) is 31.1 Å². The highest BCUT2D eigenvalue weighted by atomic mass is 35.5. The first-order valence-electron chi connectivity index (χ1n) is 7.08. The van der Waals surface area contributed by atoms with E-state index >= 15 is 0 Å². The van der Waals surface area contributed by atoms with Crippen LogP contribution in [0.5, 0.6) is 0 Å². The molecule has 0 atom stereocenters. The molecule has 0 amide bonds. The molecule has 0 saturated heterocycles. The molecular formula is C15H25ClN2O. The molecule has 0 bridgehead atoms. The third-order valence-corrected chi connectivity index (χ3v) is 3.30. The van der Waals surface area contributed by atoms with Gasteiger partial charge in [-0.15, -0.1) is 0 Å². The second-order valence-corrected chi connectivity index (χ2v) is 5.04. The van der Waals surface area contributed by atoms with Crippen LogP contribution in [0.1, 0.15) is 32.3 Å². The normalized spacial score (nSPS) is 10.7. The van der Waals surface area contributed by atoms with Crippen molar-refractivity contribution in [3.8, 4) is 0 Å². The van der Waals surface area contributed by atoms with E-state index in [0.29, 0.717) is 6.54 Å². The van der Waals surface area contributed by atoms with Gasteiger partial charge in [-0.1, -0.05) is 37.6 Å². The molecule has 0 unspecified atom stereocenters. The van der Waals surface area contributed by atoms with E-state index in [0.717, 1.165) is 43.2 Å². The highest BCUT2D eigenvalue weighted by Gasteiger charge is 2.13. The fraction of sp³-hybridized carbons (Fsp3) is 0.600. The molecule has 0 aromatic heterocycles. The van der Waals surface area contributed by atoms with Gasteiger partial charge in [-0.25, -0.2) is 0 Å². The number of nitrogens with one attached hydrogen (secondary N) is 1. The van der Waals surface area contributed by atoms with Gasteiger partial charge in [0, 0.05) is 19.6 Å². The van der Waals surface area contributed by atoms with E-state index in [1.165, 1.54) is 5.56 Å². The summed E-state index contributed by atoms with van der Waals surface area (Å²) in [6, 6.07) is 6.00. The zero-order chi connectivity index (χ0) is 14.1. The maximum atomic E-state index is 9.22. The van der Waals surface area contributed by atoms with Crippen LogP contribution >= 0.6 is 11.6 Å². The number of aliphatic hydroxyl groups excluding tert-OH is 1. The Labute approximate surface area is 121 Å². The molecule has 108 valence electrons. The van der Waals surface area contributed by atoms with Gasteiger partial charge in [0.05, 0.1) is 17.3 Å². The number of halogens is 1. The second kappa shape index (κ2) is 9.18. The monoisotopic (exact) mass is 284 g/mol. The van der Waals surface area contributed by atoms with E-state index in [2.05, 4.69) is 30.1 Å². The molecule has 0 aliphatic rings. The molecule has 1 aromatic rings. The SMILES string of the molecule is CCCNCc1cccc(Cl)c1N(CCC)CCO. The van der Waals surface area contributed by atoms with Gasteiger partial charge >= 0.3 is 0 Å². The molecule has 2 N–H and O–H groups in total. The molecule has 0 aliphatic heterocycles. The van der Waals surface area contributed by atoms with E-state index in [4.69, 9.17) is 11.6 Å². The Morgan fingerprint density at radius 2 is 2.00 bits per heavy atom. The van der Waals surface area contributed by atoms with Gasteiger partial charge in [0.25, 0.3) is 0 Å².